The van der Waals surface area contributed by atoms with Crippen molar-refractivity contribution in [1.82, 2.24) is 0 Å². The van der Waals surface area contributed by atoms with Crippen molar-refractivity contribution in [2.24, 2.45) is 0 Å². The van der Waals surface area contributed by atoms with Gasteiger partial charge in [-0.3, -0.25) is 25.3 Å². The molecule has 0 amide bonds. The molecule has 2 rings (SSSR count). The summed E-state index contributed by atoms with van der Waals surface area (Å²) in [6.07, 6.45) is 34.0. The van der Waals surface area contributed by atoms with E-state index in [0.717, 1.165) is 18.4 Å². The molecule has 1 aromatic carbocycles. The maximum atomic E-state index is 4.89. The standard InChI is InChI=1S/C11H11.C7H6.2C5H6.C4H4.CH3.2W.10Y/c1-2-4-6-8-10-11-9-7-5-3-1;1-7-5-3-2-4-6-7;2*1-3-5-4-2;1-3-4-2;;;;;;;;;;;;;/h1-4,8,10-11H,5,7H2;2-5H,1H2;2*1,3-5H,2H2;1-4H;1H3;;;;;;;;;;;;/q-3;4*-2;-1;;+2;;;;;;;;;;+3. The smallest absolute Gasteiger partial charge is 0.394 e. The van der Waals surface area contributed by atoms with Crippen molar-refractivity contribution < 1.29 is 369 Å². The summed E-state index contributed by atoms with van der Waals surface area (Å²) >= 11 is 0. The number of hydrogen-bond acceptors (Lipinski definition) is 0. The molecule has 0 atom stereocenters. The molecule has 0 saturated carbocycles. The first-order chi connectivity index (χ1) is 15.6. The van der Waals surface area contributed by atoms with Gasteiger partial charge in [-0.1, -0.05) is 0 Å². The van der Waals surface area contributed by atoms with E-state index in [-0.39, 0.29) is 377 Å². The van der Waals surface area contributed by atoms with Crippen LogP contribution in [0.5, 0.6) is 0 Å². The van der Waals surface area contributed by atoms with Gasteiger partial charge in [0.2, 0.25) is 0 Å². The van der Waals surface area contributed by atoms with Crippen LogP contribution >= 0.6 is 0 Å². The van der Waals surface area contributed by atoms with Crippen LogP contribution in [0.1, 0.15) is 18.4 Å². The molecule has 45 heavy (non-hydrogen) atoms. The van der Waals surface area contributed by atoms with E-state index in [1.54, 1.807) is 24.3 Å². The van der Waals surface area contributed by atoms with Crippen LogP contribution < -0.4 is 0 Å². The van der Waals surface area contributed by atoms with E-state index >= 15 is 0 Å². The Bertz CT molecular complexity index is 705. The summed E-state index contributed by atoms with van der Waals surface area (Å²) in [4.78, 5) is 0. The molecule has 1 aromatic rings. The van der Waals surface area contributed by atoms with Crippen LogP contribution in [0.2, 0.25) is 0 Å². The van der Waals surface area contributed by atoms with Gasteiger partial charge >= 0.3 is 53.8 Å². The first kappa shape index (κ1) is 105. The molecule has 0 saturated heterocycles. The minimum atomic E-state index is 0. The Labute approximate surface area is 561 Å². The van der Waals surface area contributed by atoms with E-state index in [1.165, 1.54) is 24.3 Å². The molecule has 12 heteroatoms. The van der Waals surface area contributed by atoms with Crippen molar-refractivity contribution in [3.8, 4) is 0 Å². The summed E-state index contributed by atoms with van der Waals surface area (Å²) in [5.74, 6) is 0. The third kappa shape index (κ3) is 127. The van der Waals surface area contributed by atoms with E-state index in [2.05, 4.69) is 45.4 Å². The molecule has 0 unspecified atom stereocenters. The molecular formula is C33H36W2Y10-7. The predicted molar refractivity (Wildman–Crippen MR) is 148 cm³/mol. The van der Waals surface area contributed by atoms with Crippen molar-refractivity contribution in [3.05, 3.63) is 194 Å². The summed E-state index contributed by atoms with van der Waals surface area (Å²) in [6.45, 7) is 29.7. The Balaban J connectivity index is -0.0000000162. The Morgan fingerprint density at radius 3 is 1.49 bits per heavy atom. The predicted octanol–water partition coefficient (Wildman–Crippen LogP) is 8.60. The SMILES string of the molecule is [C-]1=CC=C[C-]=CC=C[CH-]CC1.[CH-]=CC=C[CH2-].[CH-]=CC=C[CH2-].[CH-]=CC=[CH-].[CH2-]c1[c-]cccc1.[CH3-].[W+2].[W].[Y+3].[Y].[Y].[Y].[Y].[Y].[Y].[Y].[Y].[Y]. The molecule has 1 aliphatic carbocycles. The average Bonchev–Trinajstić information content (AvgIpc) is 2.89. The second kappa shape index (κ2) is 110. The normalized spacial score (nSPS) is 8.00. The molecular weight excluding hydrogens is 1650 g/mol. The summed E-state index contributed by atoms with van der Waals surface area (Å²) in [5.41, 5.74) is 0.947. The van der Waals surface area contributed by atoms with Crippen LogP contribution in [0.4, 0.5) is 0 Å². The van der Waals surface area contributed by atoms with E-state index < -0.39 is 0 Å². The van der Waals surface area contributed by atoms with Crippen LogP contribution in [-0.2, 0) is 369 Å². The fraction of sp³-hybridized carbons (Fsp3) is 0.0606. The second-order valence-corrected chi connectivity index (χ2v) is 5.24. The first-order valence-electron chi connectivity index (χ1n) is 9.79. The number of allylic oxidation sites excluding steroid dienone is 16. The van der Waals surface area contributed by atoms with Gasteiger partial charge < -0.3 is 51.3 Å². The molecule has 9 radical (unpaired) electrons. The number of benzene rings is 1. The molecule has 0 N–H and O–H groups in total. The largest absolute Gasteiger partial charge is 3.00 e. The van der Waals surface area contributed by atoms with Gasteiger partial charge in [0.1, 0.15) is 0 Å². The van der Waals surface area contributed by atoms with Crippen LogP contribution in [0.25, 0.3) is 0 Å². The zero-order valence-electron chi connectivity index (χ0n) is 26.4. The van der Waals surface area contributed by atoms with Gasteiger partial charge in [-0.25, -0.2) is 81.0 Å². The molecule has 0 fully saturated rings. The maximum Gasteiger partial charge on any atom is 3.00 e. The third-order valence-electron chi connectivity index (χ3n) is 2.68. The van der Waals surface area contributed by atoms with E-state index in [1.807, 2.05) is 60.7 Å². The van der Waals surface area contributed by atoms with Gasteiger partial charge in [0.25, 0.3) is 0 Å². The van der Waals surface area contributed by atoms with Crippen LogP contribution in [-0.4, -0.2) is 0 Å². The van der Waals surface area contributed by atoms with E-state index in [9.17, 15) is 0 Å². The minimum Gasteiger partial charge on any atom is -0.394 e. The average molecular weight is 1690 g/mol. The summed E-state index contributed by atoms with van der Waals surface area (Å²) in [6, 6.07) is 10.6. The molecule has 0 aliphatic heterocycles. The number of rotatable bonds is 3. The van der Waals surface area contributed by atoms with Gasteiger partial charge in [0, 0.05) is 315 Å². The first-order valence-corrected chi connectivity index (χ1v) is 9.79. The molecule has 0 bridgehead atoms. The number of hydrogen-bond donors (Lipinski definition) is 0. The van der Waals surface area contributed by atoms with Crippen LogP contribution in [0.15, 0.2) is 109 Å². The Morgan fingerprint density at radius 1 is 0.733 bits per heavy atom. The third-order valence-corrected chi connectivity index (χ3v) is 2.68. The molecule has 217 valence electrons. The van der Waals surface area contributed by atoms with Crippen molar-refractivity contribution in [2.45, 2.75) is 12.8 Å². The molecule has 1 aliphatic rings. The molecule has 0 aromatic heterocycles. The monoisotopic (exact) mass is 1690 g/mol. The topological polar surface area (TPSA) is 0 Å². The zero-order valence-corrected chi connectivity index (χ0v) is 60.7. The van der Waals surface area contributed by atoms with Crippen molar-refractivity contribution in [2.75, 3.05) is 0 Å². The van der Waals surface area contributed by atoms with Gasteiger partial charge in [0.05, 0.1) is 0 Å². The Hall–Kier alpha value is 8.52. The van der Waals surface area contributed by atoms with Gasteiger partial charge in [-0.2, -0.15) is 30.4 Å². The molecule has 0 nitrogen and oxygen atoms in total. The second-order valence-electron chi connectivity index (χ2n) is 5.24. The van der Waals surface area contributed by atoms with Crippen LogP contribution in [0, 0.1) is 79.2 Å². The quantitative estimate of drug-likeness (QED) is 0.210. The van der Waals surface area contributed by atoms with Gasteiger partial charge in [-0.05, 0) is 0 Å². The molecule has 0 heterocycles. The van der Waals surface area contributed by atoms with Crippen molar-refractivity contribution >= 4 is 0 Å². The summed E-state index contributed by atoms with van der Waals surface area (Å²) < 4.78 is 0. The van der Waals surface area contributed by atoms with Gasteiger partial charge in [0.15, 0.2) is 0 Å². The Kier molecular flexibility index (Phi) is 257. The van der Waals surface area contributed by atoms with Crippen LogP contribution in [0.3, 0.4) is 0 Å². The van der Waals surface area contributed by atoms with Crippen molar-refractivity contribution in [3.63, 3.8) is 0 Å². The van der Waals surface area contributed by atoms with E-state index in [0.29, 0.717) is 0 Å². The fourth-order valence-electron chi connectivity index (χ4n) is 1.35. The Morgan fingerprint density at radius 2 is 1.20 bits per heavy atom. The summed E-state index contributed by atoms with van der Waals surface area (Å²) in [5, 5.41) is 0. The van der Waals surface area contributed by atoms with E-state index in [4.69, 9.17) is 26.3 Å². The minimum absolute atomic E-state index is 0. The summed E-state index contributed by atoms with van der Waals surface area (Å²) in [7, 11) is 0. The van der Waals surface area contributed by atoms with Crippen molar-refractivity contribution in [1.29, 1.82) is 0 Å². The van der Waals surface area contributed by atoms with Gasteiger partial charge in [-0.15, -0.1) is 18.9 Å². The molecule has 0 spiro atoms. The zero-order chi connectivity index (χ0) is 24.5. The maximum absolute atomic E-state index is 4.89. The fourth-order valence-corrected chi connectivity index (χ4v) is 1.35.